The second-order valence-electron chi connectivity index (χ2n) is 8.40. The highest BCUT2D eigenvalue weighted by atomic mass is 16.3. The van der Waals surface area contributed by atoms with Gasteiger partial charge in [0, 0.05) is 24.7 Å². The minimum absolute atomic E-state index is 0.0102. The molecule has 3 aromatic rings. The van der Waals surface area contributed by atoms with E-state index in [0.29, 0.717) is 6.04 Å². The maximum atomic E-state index is 10.0. The molecular formula is C22H28N6O. The molecule has 5 rings (SSSR count). The van der Waals surface area contributed by atoms with Crippen molar-refractivity contribution in [2.45, 2.75) is 63.1 Å². The van der Waals surface area contributed by atoms with Crippen LogP contribution < -0.4 is 0 Å². The molecule has 2 fully saturated rings. The summed E-state index contributed by atoms with van der Waals surface area (Å²) in [6.07, 6.45) is 9.28. The number of piperidine rings is 1. The number of fused-ring (bicyclic) bond motifs is 1. The number of hydrogen-bond acceptors (Lipinski definition) is 6. The van der Waals surface area contributed by atoms with Gasteiger partial charge < -0.3 is 5.11 Å². The summed E-state index contributed by atoms with van der Waals surface area (Å²) < 4.78 is 2.09. The van der Waals surface area contributed by atoms with Crippen LogP contribution in [-0.2, 0) is 0 Å². The number of tetrazole rings is 1. The average molecular weight is 393 g/mol. The molecule has 0 amide bonds. The molecule has 7 heteroatoms. The Hall–Kier alpha value is -2.38. The lowest BCUT2D eigenvalue weighted by molar-refractivity contribution is 0.0654. The Morgan fingerprint density at radius 1 is 1.00 bits per heavy atom. The minimum Gasteiger partial charge on any atom is -0.393 e. The predicted octanol–water partition coefficient (Wildman–Crippen LogP) is 3.27. The van der Waals surface area contributed by atoms with Crippen molar-refractivity contribution >= 4 is 10.9 Å². The van der Waals surface area contributed by atoms with Crippen molar-refractivity contribution in [3.63, 3.8) is 0 Å². The normalized spacial score (nSPS) is 20.9. The van der Waals surface area contributed by atoms with Gasteiger partial charge in [0.25, 0.3) is 0 Å². The van der Waals surface area contributed by atoms with E-state index in [4.69, 9.17) is 0 Å². The van der Waals surface area contributed by atoms with Gasteiger partial charge in [-0.05, 0) is 59.9 Å². The second kappa shape index (κ2) is 8.16. The van der Waals surface area contributed by atoms with E-state index in [1.165, 1.54) is 24.8 Å². The number of aromatic nitrogens is 5. The molecule has 0 spiro atoms. The maximum absolute atomic E-state index is 10.0. The summed E-state index contributed by atoms with van der Waals surface area (Å²) in [6.45, 7) is 1.68. The molecule has 1 saturated heterocycles. The first kappa shape index (κ1) is 18.6. The van der Waals surface area contributed by atoms with Crippen molar-refractivity contribution in [1.29, 1.82) is 0 Å². The lowest BCUT2D eigenvalue weighted by atomic mass is 9.94. The van der Waals surface area contributed by atoms with Gasteiger partial charge in [0.2, 0.25) is 0 Å². The van der Waals surface area contributed by atoms with E-state index >= 15 is 0 Å². The summed E-state index contributed by atoms with van der Waals surface area (Å²) in [5.41, 5.74) is 2.18. The number of hydrogen-bond donors (Lipinski definition) is 1. The van der Waals surface area contributed by atoms with E-state index in [0.717, 1.165) is 55.5 Å². The van der Waals surface area contributed by atoms with Gasteiger partial charge in [0.15, 0.2) is 5.82 Å². The third kappa shape index (κ3) is 3.76. The van der Waals surface area contributed by atoms with E-state index in [9.17, 15) is 5.11 Å². The second-order valence-corrected chi connectivity index (χ2v) is 8.40. The van der Waals surface area contributed by atoms with Gasteiger partial charge in [-0.1, -0.05) is 31.4 Å². The summed E-state index contributed by atoms with van der Waals surface area (Å²) in [5.74, 6) is 0.927. The van der Waals surface area contributed by atoms with E-state index < -0.39 is 0 Å². The summed E-state index contributed by atoms with van der Waals surface area (Å²) in [7, 11) is 0. The molecule has 0 bridgehead atoms. The van der Waals surface area contributed by atoms with Crippen LogP contribution in [0.1, 0.15) is 68.4 Å². The molecule has 152 valence electrons. The number of rotatable bonds is 4. The molecule has 2 aliphatic rings. The molecule has 1 N–H and O–H groups in total. The van der Waals surface area contributed by atoms with Gasteiger partial charge in [0.05, 0.1) is 23.7 Å². The summed E-state index contributed by atoms with van der Waals surface area (Å²) in [6, 6.07) is 10.9. The highest BCUT2D eigenvalue weighted by Gasteiger charge is 2.32. The Labute approximate surface area is 170 Å². The van der Waals surface area contributed by atoms with Gasteiger partial charge in [-0.15, -0.1) is 5.10 Å². The SMILES string of the molecule is OC1CCN([C@H](c2ccc3ncccc3c2)c2nnnn2C2CCCCC2)CC1. The quantitative estimate of drug-likeness (QED) is 0.734. The molecule has 0 unspecified atom stereocenters. The van der Waals surface area contributed by atoms with Gasteiger partial charge >= 0.3 is 0 Å². The highest BCUT2D eigenvalue weighted by molar-refractivity contribution is 5.79. The van der Waals surface area contributed by atoms with Crippen LogP contribution in [0.3, 0.4) is 0 Å². The summed E-state index contributed by atoms with van der Waals surface area (Å²) >= 11 is 0. The molecule has 29 heavy (non-hydrogen) atoms. The molecule has 2 aromatic heterocycles. The Kier molecular flexibility index (Phi) is 5.24. The first-order valence-electron chi connectivity index (χ1n) is 10.8. The largest absolute Gasteiger partial charge is 0.393 e. The number of benzene rings is 1. The summed E-state index contributed by atoms with van der Waals surface area (Å²) in [4.78, 5) is 6.89. The standard InChI is InChI=1S/C22H28N6O/c29-19-10-13-27(14-11-19)21(17-8-9-20-16(15-17)5-4-12-23-20)22-24-25-26-28(22)18-6-2-1-3-7-18/h4-5,8-9,12,15,18-19,21,29H,1-3,6-7,10-11,13-14H2/t21-/m1/s1. The Morgan fingerprint density at radius 3 is 2.66 bits per heavy atom. The molecule has 1 aromatic carbocycles. The number of nitrogens with zero attached hydrogens (tertiary/aromatic N) is 6. The molecule has 3 heterocycles. The van der Waals surface area contributed by atoms with Crippen LogP contribution in [0.4, 0.5) is 0 Å². The fourth-order valence-electron chi connectivity index (χ4n) is 4.90. The maximum Gasteiger partial charge on any atom is 0.173 e. The molecule has 1 aliphatic heterocycles. The Bertz CT molecular complexity index is 959. The zero-order valence-electron chi connectivity index (χ0n) is 16.7. The van der Waals surface area contributed by atoms with E-state index in [1.54, 1.807) is 0 Å². The molecule has 1 atom stereocenters. The van der Waals surface area contributed by atoms with Crippen molar-refractivity contribution in [2.24, 2.45) is 0 Å². The van der Waals surface area contributed by atoms with Gasteiger partial charge in [-0.3, -0.25) is 9.88 Å². The average Bonchev–Trinajstić information content (AvgIpc) is 3.25. The van der Waals surface area contributed by atoms with Gasteiger partial charge in [-0.25, -0.2) is 4.68 Å². The van der Waals surface area contributed by atoms with Crippen LogP contribution in [0.2, 0.25) is 0 Å². The monoisotopic (exact) mass is 392 g/mol. The zero-order chi connectivity index (χ0) is 19.6. The molecular weight excluding hydrogens is 364 g/mol. The first-order chi connectivity index (χ1) is 14.3. The topological polar surface area (TPSA) is 80.0 Å². The van der Waals surface area contributed by atoms with Crippen LogP contribution in [0.25, 0.3) is 10.9 Å². The lowest BCUT2D eigenvalue weighted by Crippen LogP contribution is -2.40. The van der Waals surface area contributed by atoms with Crippen molar-refractivity contribution in [2.75, 3.05) is 13.1 Å². The van der Waals surface area contributed by atoms with Crippen LogP contribution in [0.5, 0.6) is 0 Å². The predicted molar refractivity (Wildman–Crippen MR) is 110 cm³/mol. The van der Waals surface area contributed by atoms with Crippen molar-refractivity contribution in [3.8, 4) is 0 Å². The van der Waals surface area contributed by atoms with E-state index in [1.807, 2.05) is 12.3 Å². The fraction of sp³-hybridized carbons (Fsp3) is 0.545. The van der Waals surface area contributed by atoms with Crippen molar-refractivity contribution in [3.05, 3.63) is 47.9 Å². The van der Waals surface area contributed by atoms with E-state index in [-0.39, 0.29) is 12.1 Å². The van der Waals surface area contributed by atoms with Crippen molar-refractivity contribution < 1.29 is 5.11 Å². The number of aliphatic hydroxyl groups is 1. The van der Waals surface area contributed by atoms with Crippen LogP contribution in [0.15, 0.2) is 36.5 Å². The Balaban J connectivity index is 1.56. The Morgan fingerprint density at radius 2 is 1.83 bits per heavy atom. The third-order valence-electron chi connectivity index (χ3n) is 6.49. The molecule has 7 nitrogen and oxygen atoms in total. The molecule has 1 aliphatic carbocycles. The van der Waals surface area contributed by atoms with Gasteiger partial charge in [-0.2, -0.15) is 0 Å². The number of aliphatic hydroxyl groups excluding tert-OH is 1. The number of likely N-dealkylation sites (tertiary alicyclic amines) is 1. The highest BCUT2D eigenvalue weighted by Crippen LogP contribution is 2.35. The van der Waals surface area contributed by atoms with Crippen LogP contribution >= 0.6 is 0 Å². The first-order valence-corrected chi connectivity index (χ1v) is 10.8. The van der Waals surface area contributed by atoms with Crippen molar-refractivity contribution in [1.82, 2.24) is 30.1 Å². The molecule has 0 radical (unpaired) electrons. The van der Waals surface area contributed by atoms with Gasteiger partial charge in [0.1, 0.15) is 0 Å². The van der Waals surface area contributed by atoms with Crippen LogP contribution in [0, 0.1) is 0 Å². The smallest absolute Gasteiger partial charge is 0.173 e. The zero-order valence-corrected chi connectivity index (χ0v) is 16.7. The minimum atomic E-state index is -0.206. The van der Waals surface area contributed by atoms with Crippen LogP contribution in [-0.4, -0.2) is 54.4 Å². The summed E-state index contributed by atoms with van der Waals surface area (Å²) in [5, 5.41) is 24.2. The lowest BCUT2D eigenvalue weighted by Gasteiger charge is -2.36. The molecule has 1 saturated carbocycles. The van der Waals surface area contributed by atoms with E-state index in [2.05, 4.69) is 54.4 Å². The fourth-order valence-corrected chi connectivity index (χ4v) is 4.90. The number of pyridine rings is 1. The third-order valence-corrected chi connectivity index (χ3v) is 6.49.